The van der Waals surface area contributed by atoms with Crippen molar-refractivity contribution in [3.63, 3.8) is 0 Å². The first-order valence-corrected chi connectivity index (χ1v) is 9.85. The summed E-state index contributed by atoms with van der Waals surface area (Å²) in [6.07, 6.45) is 0.458. The van der Waals surface area contributed by atoms with E-state index in [-0.39, 0.29) is 36.1 Å². The van der Waals surface area contributed by atoms with Gasteiger partial charge in [0.2, 0.25) is 5.91 Å². The molecule has 0 N–H and O–H groups in total. The number of halogens is 1. The Morgan fingerprint density at radius 1 is 1.20 bits per heavy atom. The lowest BCUT2D eigenvalue weighted by Crippen LogP contribution is -2.40. The minimum absolute atomic E-state index is 0.0805. The molecule has 1 atom stereocenters. The van der Waals surface area contributed by atoms with Gasteiger partial charge in [-0.3, -0.25) is 9.59 Å². The molecular formula is C23H26FN3O3. The summed E-state index contributed by atoms with van der Waals surface area (Å²) in [4.78, 5) is 26.8. The van der Waals surface area contributed by atoms with Gasteiger partial charge in [0, 0.05) is 24.9 Å². The summed E-state index contributed by atoms with van der Waals surface area (Å²) in [6.45, 7) is 3.51. The largest absolute Gasteiger partial charge is 0.496 e. The van der Waals surface area contributed by atoms with Crippen molar-refractivity contribution in [2.24, 2.45) is 11.0 Å². The maximum absolute atomic E-state index is 13.3. The van der Waals surface area contributed by atoms with Crippen LogP contribution in [0.5, 0.6) is 5.75 Å². The molecule has 0 saturated carbocycles. The highest BCUT2D eigenvalue weighted by Gasteiger charge is 2.35. The van der Waals surface area contributed by atoms with Crippen molar-refractivity contribution < 1.29 is 18.7 Å². The van der Waals surface area contributed by atoms with Crippen molar-refractivity contribution in [1.82, 2.24) is 9.91 Å². The molecule has 0 aliphatic carbocycles. The fourth-order valence-electron chi connectivity index (χ4n) is 3.54. The van der Waals surface area contributed by atoms with Gasteiger partial charge in [-0.1, -0.05) is 44.2 Å². The molecule has 3 rings (SSSR count). The third kappa shape index (κ3) is 4.50. The molecule has 30 heavy (non-hydrogen) atoms. The number of nitrogens with zero attached hydrogens (tertiary/aromatic N) is 3. The first kappa shape index (κ1) is 21.5. The number of para-hydroxylation sites is 1. The van der Waals surface area contributed by atoms with E-state index in [1.54, 1.807) is 40.1 Å². The number of likely N-dealkylation sites (N-methyl/N-ethyl adjacent to an activating group) is 1. The van der Waals surface area contributed by atoms with Crippen molar-refractivity contribution >= 4 is 17.5 Å². The molecule has 1 unspecified atom stereocenters. The standard InChI is InChI=1S/C23H26FN3O3/c1-15(2)23(29)26(3)14-22(28)27-20(18-7-5-6-8-21(18)30-4)13-19(25-27)16-9-11-17(24)12-10-16/h5-12,15,20H,13-14H2,1-4H3. The number of rotatable bonds is 6. The number of benzene rings is 2. The van der Waals surface area contributed by atoms with Crippen LogP contribution in [0.3, 0.4) is 0 Å². The molecular weight excluding hydrogens is 385 g/mol. The van der Waals surface area contributed by atoms with E-state index in [0.29, 0.717) is 17.9 Å². The minimum atomic E-state index is -0.378. The van der Waals surface area contributed by atoms with Crippen LogP contribution in [0, 0.1) is 11.7 Å². The van der Waals surface area contributed by atoms with Gasteiger partial charge >= 0.3 is 0 Å². The third-order valence-corrected chi connectivity index (χ3v) is 5.08. The lowest BCUT2D eigenvalue weighted by atomic mass is 9.97. The zero-order chi connectivity index (χ0) is 21.8. The monoisotopic (exact) mass is 411 g/mol. The zero-order valence-corrected chi connectivity index (χ0v) is 17.6. The second kappa shape index (κ2) is 9.07. The molecule has 0 radical (unpaired) electrons. The minimum Gasteiger partial charge on any atom is -0.496 e. The molecule has 1 heterocycles. The van der Waals surface area contributed by atoms with Gasteiger partial charge in [0.1, 0.15) is 18.1 Å². The van der Waals surface area contributed by atoms with Gasteiger partial charge in [-0.2, -0.15) is 5.10 Å². The highest BCUT2D eigenvalue weighted by molar-refractivity contribution is 6.03. The van der Waals surface area contributed by atoms with E-state index in [4.69, 9.17) is 4.74 Å². The normalized spacial score (nSPS) is 15.9. The molecule has 7 heteroatoms. The van der Waals surface area contributed by atoms with E-state index >= 15 is 0 Å². The maximum Gasteiger partial charge on any atom is 0.262 e. The van der Waals surface area contributed by atoms with E-state index in [1.165, 1.54) is 22.0 Å². The summed E-state index contributed by atoms with van der Waals surface area (Å²) in [5.41, 5.74) is 2.25. The van der Waals surface area contributed by atoms with Crippen LogP contribution >= 0.6 is 0 Å². The summed E-state index contributed by atoms with van der Waals surface area (Å²) < 4.78 is 18.8. The number of ether oxygens (including phenoxy) is 1. The van der Waals surface area contributed by atoms with Gasteiger partial charge < -0.3 is 9.64 Å². The molecule has 2 amide bonds. The maximum atomic E-state index is 13.3. The Kier molecular flexibility index (Phi) is 6.50. The molecule has 0 saturated heterocycles. The van der Waals surface area contributed by atoms with Crippen LogP contribution in [-0.2, 0) is 9.59 Å². The van der Waals surface area contributed by atoms with Crippen molar-refractivity contribution in [3.8, 4) is 5.75 Å². The third-order valence-electron chi connectivity index (χ3n) is 5.08. The summed E-state index contributed by atoms with van der Waals surface area (Å²) >= 11 is 0. The molecule has 2 aromatic carbocycles. The Morgan fingerprint density at radius 2 is 1.87 bits per heavy atom. The highest BCUT2D eigenvalue weighted by atomic mass is 19.1. The Hall–Kier alpha value is -3.22. The second-order valence-electron chi connectivity index (χ2n) is 7.60. The summed E-state index contributed by atoms with van der Waals surface area (Å²) in [6, 6.07) is 13.1. The van der Waals surface area contributed by atoms with Crippen LogP contribution in [0.25, 0.3) is 0 Å². The zero-order valence-electron chi connectivity index (χ0n) is 17.6. The fourth-order valence-corrected chi connectivity index (χ4v) is 3.54. The number of methoxy groups -OCH3 is 1. The predicted octanol–water partition coefficient (Wildman–Crippen LogP) is 3.63. The lowest BCUT2D eigenvalue weighted by Gasteiger charge is -2.26. The average molecular weight is 411 g/mol. The first-order chi connectivity index (χ1) is 14.3. The second-order valence-corrected chi connectivity index (χ2v) is 7.60. The molecule has 2 aromatic rings. The smallest absolute Gasteiger partial charge is 0.262 e. The van der Waals surface area contributed by atoms with Gasteiger partial charge in [0.05, 0.1) is 18.9 Å². The van der Waals surface area contributed by atoms with Gasteiger partial charge in [-0.05, 0) is 23.8 Å². The number of hydrazone groups is 1. The van der Waals surface area contributed by atoms with Crippen molar-refractivity contribution in [1.29, 1.82) is 0 Å². The number of carbonyl (C=O) groups excluding carboxylic acids is 2. The molecule has 158 valence electrons. The molecule has 0 fully saturated rings. The number of hydrogen-bond acceptors (Lipinski definition) is 4. The quantitative estimate of drug-likeness (QED) is 0.729. The Morgan fingerprint density at radius 3 is 2.50 bits per heavy atom. The molecule has 0 spiro atoms. The number of amides is 2. The Labute approximate surface area is 175 Å². The predicted molar refractivity (Wildman–Crippen MR) is 113 cm³/mol. The fraction of sp³-hybridized carbons (Fsp3) is 0.348. The topological polar surface area (TPSA) is 62.2 Å². The molecule has 1 aliphatic rings. The van der Waals surface area contributed by atoms with Gasteiger partial charge in [-0.25, -0.2) is 9.40 Å². The van der Waals surface area contributed by atoms with E-state index in [9.17, 15) is 14.0 Å². The van der Waals surface area contributed by atoms with Gasteiger partial charge in [0.15, 0.2) is 0 Å². The summed E-state index contributed by atoms with van der Waals surface area (Å²) in [5.74, 6) is -0.286. The first-order valence-electron chi connectivity index (χ1n) is 9.85. The van der Waals surface area contributed by atoms with Gasteiger partial charge in [-0.15, -0.1) is 0 Å². The van der Waals surface area contributed by atoms with Crippen LogP contribution < -0.4 is 4.74 Å². The number of hydrogen-bond donors (Lipinski definition) is 0. The lowest BCUT2D eigenvalue weighted by molar-refractivity contribution is -0.142. The van der Waals surface area contributed by atoms with Crippen molar-refractivity contribution in [2.45, 2.75) is 26.3 Å². The van der Waals surface area contributed by atoms with Crippen molar-refractivity contribution in [3.05, 3.63) is 65.5 Å². The SMILES string of the molecule is COc1ccccc1C1CC(c2ccc(F)cc2)=NN1C(=O)CN(C)C(=O)C(C)C. The molecule has 0 aromatic heterocycles. The summed E-state index contributed by atoms with van der Waals surface area (Å²) in [5, 5.41) is 5.98. The van der Waals surface area contributed by atoms with Crippen LogP contribution in [0.2, 0.25) is 0 Å². The Bertz CT molecular complexity index is 956. The summed E-state index contributed by atoms with van der Waals surface area (Å²) in [7, 11) is 3.19. The van der Waals surface area contributed by atoms with Crippen molar-refractivity contribution in [2.75, 3.05) is 20.7 Å². The molecule has 6 nitrogen and oxygen atoms in total. The van der Waals surface area contributed by atoms with Crippen LogP contribution in [-0.4, -0.2) is 48.1 Å². The van der Waals surface area contributed by atoms with E-state index in [0.717, 1.165) is 11.1 Å². The average Bonchev–Trinajstić information content (AvgIpc) is 3.18. The van der Waals surface area contributed by atoms with E-state index in [1.807, 2.05) is 24.3 Å². The van der Waals surface area contributed by atoms with Crippen LogP contribution in [0.1, 0.15) is 37.4 Å². The Balaban J connectivity index is 1.94. The van der Waals surface area contributed by atoms with E-state index < -0.39 is 0 Å². The molecule has 1 aliphatic heterocycles. The van der Waals surface area contributed by atoms with Crippen LogP contribution in [0.15, 0.2) is 53.6 Å². The van der Waals surface area contributed by atoms with Crippen LogP contribution in [0.4, 0.5) is 4.39 Å². The number of carbonyl (C=O) groups is 2. The van der Waals surface area contributed by atoms with E-state index in [2.05, 4.69) is 5.10 Å². The highest BCUT2D eigenvalue weighted by Crippen LogP contribution is 2.37. The van der Waals surface area contributed by atoms with Gasteiger partial charge in [0.25, 0.3) is 5.91 Å². The molecule has 0 bridgehead atoms.